The Morgan fingerprint density at radius 1 is 1.00 bits per heavy atom. The van der Waals surface area contributed by atoms with Gasteiger partial charge in [-0.3, -0.25) is 14.2 Å². The van der Waals surface area contributed by atoms with Crippen molar-refractivity contribution in [3.05, 3.63) is 79.5 Å². The summed E-state index contributed by atoms with van der Waals surface area (Å²) in [5.74, 6) is -0.464. The number of fused-ring (bicyclic) bond motifs is 1. The first-order chi connectivity index (χ1) is 16.0. The third kappa shape index (κ3) is 4.58. The monoisotopic (exact) mass is 516 g/mol. The van der Waals surface area contributed by atoms with Gasteiger partial charge in [0.25, 0.3) is 11.5 Å². The Hall–Kier alpha value is -2.80. The zero-order chi connectivity index (χ0) is 24.8. The molecule has 0 bridgehead atoms. The van der Waals surface area contributed by atoms with Gasteiger partial charge in [-0.25, -0.2) is 4.68 Å². The molecule has 34 heavy (non-hydrogen) atoms. The molecule has 0 aliphatic rings. The number of benzene rings is 2. The number of halogens is 3. The Kier molecular flexibility index (Phi) is 6.51. The molecule has 0 radical (unpaired) electrons. The first kappa shape index (κ1) is 24.3. The van der Waals surface area contributed by atoms with Crippen LogP contribution in [0.5, 0.6) is 0 Å². The largest absolute Gasteiger partial charge is 0.355 e. The maximum absolute atomic E-state index is 13.4. The van der Waals surface area contributed by atoms with E-state index in [0.717, 1.165) is 5.56 Å². The van der Waals surface area contributed by atoms with Gasteiger partial charge in [-0.1, -0.05) is 67.7 Å². The molecule has 9 heteroatoms. The molecular weight excluding hydrogens is 495 g/mol. The van der Waals surface area contributed by atoms with Crippen LogP contribution in [0.3, 0.4) is 0 Å². The number of carbonyl (C=O) groups is 1. The van der Waals surface area contributed by atoms with Crippen LogP contribution in [0.15, 0.2) is 53.3 Å². The Labute approximate surface area is 212 Å². The van der Waals surface area contributed by atoms with Gasteiger partial charge in [-0.15, -0.1) is 5.10 Å². The number of rotatable bonds is 4. The van der Waals surface area contributed by atoms with Crippen molar-refractivity contribution in [2.45, 2.75) is 27.3 Å². The topological polar surface area (TPSA) is 68.9 Å². The van der Waals surface area contributed by atoms with Gasteiger partial charge in [-0.05, 0) is 41.8 Å². The second-order valence-corrected chi connectivity index (χ2v) is 10.5. The highest BCUT2D eigenvalue weighted by atomic mass is 35.5. The number of nitrogens with zero attached hydrogens (tertiary/aromatic N) is 3. The molecular formula is C25H23Cl3N4O2. The minimum absolute atomic E-state index is 0.0382. The Bertz CT molecular complexity index is 1470. The Morgan fingerprint density at radius 2 is 1.65 bits per heavy atom. The standard InChI is InChI=1S/C25H23Cl3N4O2/c1-25(2,3)13-31-22-17(12-18(24(31)34)23(33)29-4)21(14-5-7-15(26)8-6-14)32(30-22)20-10-9-16(27)11-19(20)28/h5-12H,13H2,1-4H3,(H,29,33). The van der Waals surface area contributed by atoms with E-state index >= 15 is 0 Å². The SMILES string of the molecule is CNC(=O)c1cc2c(-c3ccc(Cl)cc3)n(-c3ccc(Cl)cc3Cl)nc2n(CC(C)(C)C)c1=O. The smallest absolute Gasteiger partial charge is 0.265 e. The van der Waals surface area contributed by atoms with Crippen molar-refractivity contribution in [2.75, 3.05) is 7.05 Å². The molecule has 6 nitrogen and oxygen atoms in total. The Balaban J connectivity index is 2.17. The Morgan fingerprint density at radius 3 is 2.24 bits per heavy atom. The predicted molar refractivity (Wildman–Crippen MR) is 139 cm³/mol. The number of nitrogens with one attached hydrogen (secondary N) is 1. The summed E-state index contributed by atoms with van der Waals surface area (Å²) in [6.45, 7) is 6.42. The van der Waals surface area contributed by atoms with E-state index in [0.29, 0.717) is 44.0 Å². The summed E-state index contributed by atoms with van der Waals surface area (Å²) in [6, 6.07) is 14.0. The van der Waals surface area contributed by atoms with Crippen molar-refractivity contribution in [3.8, 4) is 16.9 Å². The molecule has 0 spiro atoms. The van der Waals surface area contributed by atoms with E-state index in [4.69, 9.17) is 39.9 Å². The molecule has 4 aromatic rings. The lowest BCUT2D eigenvalue weighted by atomic mass is 9.96. The van der Waals surface area contributed by atoms with Crippen LogP contribution in [-0.4, -0.2) is 27.3 Å². The van der Waals surface area contributed by atoms with Gasteiger partial charge in [0.2, 0.25) is 0 Å². The first-order valence-corrected chi connectivity index (χ1v) is 11.7. The van der Waals surface area contributed by atoms with E-state index in [1.165, 1.54) is 7.05 Å². The number of aromatic nitrogens is 3. The highest BCUT2D eigenvalue weighted by Gasteiger charge is 2.25. The maximum atomic E-state index is 13.4. The summed E-state index contributed by atoms with van der Waals surface area (Å²) in [5.41, 5.74) is 1.88. The molecule has 0 fully saturated rings. The van der Waals surface area contributed by atoms with E-state index in [9.17, 15) is 9.59 Å². The van der Waals surface area contributed by atoms with Crippen LogP contribution >= 0.6 is 34.8 Å². The second kappa shape index (κ2) is 9.10. The zero-order valence-corrected chi connectivity index (χ0v) is 21.4. The quantitative estimate of drug-likeness (QED) is 0.349. The fourth-order valence-corrected chi connectivity index (χ4v) is 4.44. The van der Waals surface area contributed by atoms with Gasteiger partial charge in [0.05, 0.1) is 16.4 Å². The third-order valence-corrected chi connectivity index (χ3v) is 6.07. The summed E-state index contributed by atoms with van der Waals surface area (Å²) in [6.07, 6.45) is 0. The number of pyridine rings is 1. The van der Waals surface area contributed by atoms with Crippen LogP contribution in [0.2, 0.25) is 15.1 Å². The molecule has 0 aliphatic carbocycles. The first-order valence-electron chi connectivity index (χ1n) is 10.6. The summed E-state index contributed by atoms with van der Waals surface area (Å²) in [4.78, 5) is 26.1. The molecule has 4 rings (SSSR count). The van der Waals surface area contributed by atoms with Gasteiger partial charge < -0.3 is 5.32 Å². The molecule has 0 unspecified atom stereocenters. The van der Waals surface area contributed by atoms with Gasteiger partial charge in [0.15, 0.2) is 5.65 Å². The minimum Gasteiger partial charge on any atom is -0.355 e. The van der Waals surface area contributed by atoms with Gasteiger partial charge >= 0.3 is 0 Å². The van der Waals surface area contributed by atoms with Crippen molar-refractivity contribution >= 4 is 51.7 Å². The second-order valence-electron chi connectivity index (χ2n) is 9.19. The molecule has 0 aliphatic heterocycles. The number of hydrogen-bond donors (Lipinski definition) is 1. The molecule has 1 amide bonds. The van der Waals surface area contributed by atoms with Crippen LogP contribution in [-0.2, 0) is 6.54 Å². The fourth-order valence-electron chi connectivity index (χ4n) is 3.83. The van der Waals surface area contributed by atoms with Crippen LogP contribution in [0.25, 0.3) is 28.0 Å². The predicted octanol–water partition coefficient (Wildman–Crippen LogP) is 6.22. The zero-order valence-electron chi connectivity index (χ0n) is 19.1. The number of hydrogen-bond acceptors (Lipinski definition) is 3. The van der Waals surface area contributed by atoms with E-state index in [1.54, 1.807) is 45.6 Å². The lowest BCUT2D eigenvalue weighted by Gasteiger charge is -2.20. The van der Waals surface area contributed by atoms with Crippen LogP contribution < -0.4 is 10.9 Å². The lowest BCUT2D eigenvalue weighted by Crippen LogP contribution is -2.34. The van der Waals surface area contributed by atoms with E-state index in [2.05, 4.69) is 5.32 Å². The highest BCUT2D eigenvalue weighted by molar-refractivity contribution is 6.35. The number of amides is 1. The molecule has 176 valence electrons. The van der Waals surface area contributed by atoms with Gasteiger partial charge in [0.1, 0.15) is 5.56 Å². The molecule has 0 saturated heterocycles. The van der Waals surface area contributed by atoms with Crippen molar-refractivity contribution in [2.24, 2.45) is 5.41 Å². The average molecular weight is 518 g/mol. The fraction of sp³-hybridized carbons (Fsp3) is 0.240. The summed E-state index contributed by atoms with van der Waals surface area (Å²) < 4.78 is 3.23. The maximum Gasteiger partial charge on any atom is 0.265 e. The van der Waals surface area contributed by atoms with Crippen molar-refractivity contribution < 1.29 is 4.79 Å². The minimum atomic E-state index is -0.464. The summed E-state index contributed by atoms with van der Waals surface area (Å²) in [7, 11) is 1.50. The van der Waals surface area contributed by atoms with Crippen LogP contribution in [0.4, 0.5) is 0 Å². The van der Waals surface area contributed by atoms with Crippen LogP contribution in [0, 0.1) is 5.41 Å². The van der Waals surface area contributed by atoms with Crippen molar-refractivity contribution in [1.82, 2.24) is 19.7 Å². The lowest BCUT2D eigenvalue weighted by molar-refractivity contribution is 0.0961. The normalized spacial score (nSPS) is 11.7. The summed E-state index contributed by atoms with van der Waals surface area (Å²) in [5, 5.41) is 9.50. The van der Waals surface area contributed by atoms with Gasteiger partial charge in [0, 0.05) is 34.6 Å². The molecule has 0 atom stereocenters. The molecule has 1 N–H and O–H groups in total. The molecule has 2 aromatic heterocycles. The van der Waals surface area contributed by atoms with E-state index in [1.807, 2.05) is 32.9 Å². The number of carbonyl (C=O) groups excluding carboxylic acids is 1. The van der Waals surface area contributed by atoms with E-state index in [-0.39, 0.29) is 11.0 Å². The van der Waals surface area contributed by atoms with Crippen molar-refractivity contribution in [3.63, 3.8) is 0 Å². The molecule has 0 saturated carbocycles. The van der Waals surface area contributed by atoms with E-state index < -0.39 is 11.5 Å². The third-order valence-electron chi connectivity index (χ3n) is 5.28. The molecule has 2 heterocycles. The van der Waals surface area contributed by atoms with Crippen molar-refractivity contribution in [1.29, 1.82) is 0 Å². The van der Waals surface area contributed by atoms with Gasteiger partial charge in [-0.2, -0.15) is 0 Å². The summed E-state index contributed by atoms with van der Waals surface area (Å²) >= 11 is 18.8. The average Bonchev–Trinajstić information content (AvgIpc) is 3.14. The highest BCUT2D eigenvalue weighted by Crippen LogP contribution is 2.35. The molecule has 2 aromatic carbocycles. The van der Waals surface area contributed by atoms with Crippen LogP contribution in [0.1, 0.15) is 31.1 Å².